The smallest absolute Gasteiger partial charge is 0.316 e. The van der Waals surface area contributed by atoms with Crippen LogP contribution in [0.15, 0.2) is 59.1 Å². The van der Waals surface area contributed by atoms with Gasteiger partial charge in [0.1, 0.15) is 0 Å². The third-order valence-electron chi connectivity index (χ3n) is 3.66. The largest absolute Gasteiger partial charge is 0.350 e. The zero-order chi connectivity index (χ0) is 18.4. The predicted octanol–water partition coefficient (Wildman–Crippen LogP) is 2.20. The number of carbonyl (C=O) groups is 2. The van der Waals surface area contributed by atoms with Crippen LogP contribution in [0.5, 0.6) is 0 Å². The van der Waals surface area contributed by atoms with Crippen molar-refractivity contribution in [3.05, 3.63) is 71.6 Å². The number of rotatable bonds is 6. The van der Waals surface area contributed by atoms with Gasteiger partial charge in [0.2, 0.25) is 5.82 Å². The van der Waals surface area contributed by atoms with Gasteiger partial charge in [0.15, 0.2) is 0 Å². The molecule has 3 rings (SSSR count). The fraction of sp³-hybridized carbons (Fsp3) is 0.158. The average molecular weight is 350 g/mol. The number of hydrogen-bond donors (Lipinski definition) is 2. The van der Waals surface area contributed by atoms with E-state index >= 15 is 0 Å². The Bertz CT molecular complexity index is 889. The van der Waals surface area contributed by atoms with E-state index < -0.39 is 5.91 Å². The minimum absolute atomic E-state index is 0.117. The SMILES string of the molecule is Cc1ccc(C(=O)NCCNC(=O)c2nc(-c3ccccc3)no2)cc1. The van der Waals surface area contributed by atoms with E-state index in [4.69, 9.17) is 4.52 Å². The number of nitrogens with zero attached hydrogens (tertiary/aromatic N) is 2. The second-order valence-corrected chi connectivity index (χ2v) is 5.67. The maximum atomic E-state index is 12.0. The molecule has 0 saturated heterocycles. The molecule has 132 valence electrons. The van der Waals surface area contributed by atoms with Crippen molar-refractivity contribution in [1.82, 2.24) is 20.8 Å². The van der Waals surface area contributed by atoms with E-state index in [-0.39, 0.29) is 24.9 Å². The van der Waals surface area contributed by atoms with Gasteiger partial charge in [-0.2, -0.15) is 4.98 Å². The molecule has 2 aromatic carbocycles. The van der Waals surface area contributed by atoms with Gasteiger partial charge in [-0.3, -0.25) is 9.59 Å². The quantitative estimate of drug-likeness (QED) is 0.664. The van der Waals surface area contributed by atoms with Crippen LogP contribution in [0.1, 0.15) is 26.6 Å². The molecule has 3 aromatic rings. The molecular weight excluding hydrogens is 332 g/mol. The highest BCUT2D eigenvalue weighted by molar-refractivity contribution is 5.94. The van der Waals surface area contributed by atoms with Crippen LogP contribution in [0.3, 0.4) is 0 Å². The van der Waals surface area contributed by atoms with Crippen molar-refractivity contribution in [3.63, 3.8) is 0 Å². The molecule has 1 heterocycles. The van der Waals surface area contributed by atoms with Gasteiger partial charge < -0.3 is 15.2 Å². The Balaban J connectivity index is 1.46. The van der Waals surface area contributed by atoms with Gasteiger partial charge in [0.25, 0.3) is 5.91 Å². The van der Waals surface area contributed by atoms with Gasteiger partial charge in [0.05, 0.1) is 0 Å². The van der Waals surface area contributed by atoms with Gasteiger partial charge in [-0.25, -0.2) is 0 Å². The fourth-order valence-electron chi connectivity index (χ4n) is 2.25. The number of aromatic nitrogens is 2. The summed E-state index contributed by atoms with van der Waals surface area (Å²) in [5, 5.41) is 9.16. The Morgan fingerprint density at radius 2 is 1.58 bits per heavy atom. The molecule has 2 amide bonds. The number of amides is 2. The highest BCUT2D eigenvalue weighted by atomic mass is 16.5. The van der Waals surface area contributed by atoms with Crippen molar-refractivity contribution in [3.8, 4) is 11.4 Å². The maximum absolute atomic E-state index is 12.0. The third-order valence-corrected chi connectivity index (χ3v) is 3.66. The minimum Gasteiger partial charge on any atom is -0.350 e. The Morgan fingerprint density at radius 3 is 2.27 bits per heavy atom. The second-order valence-electron chi connectivity index (χ2n) is 5.67. The molecule has 0 saturated carbocycles. The lowest BCUT2D eigenvalue weighted by Crippen LogP contribution is -2.34. The lowest BCUT2D eigenvalue weighted by molar-refractivity contribution is 0.0898. The van der Waals surface area contributed by atoms with Crippen molar-refractivity contribution < 1.29 is 14.1 Å². The molecule has 0 radical (unpaired) electrons. The summed E-state index contributed by atoms with van der Waals surface area (Å²) in [6.45, 7) is 2.50. The summed E-state index contributed by atoms with van der Waals surface area (Å²) in [6.07, 6.45) is 0. The van der Waals surface area contributed by atoms with Crippen molar-refractivity contribution in [2.75, 3.05) is 13.1 Å². The van der Waals surface area contributed by atoms with Crippen LogP contribution in [0.25, 0.3) is 11.4 Å². The molecule has 26 heavy (non-hydrogen) atoms. The monoisotopic (exact) mass is 350 g/mol. The van der Waals surface area contributed by atoms with Crippen molar-refractivity contribution in [2.45, 2.75) is 6.92 Å². The predicted molar refractivity (Wildman–Crippen MR) is 95.6 cm³/mol. The van der Waals surface area contributed by atoms with Crippen LogP contribution in [0, 0.1) is 6.92 Å². The topological polar surface area (TPSA) is 97.1 Å². The molecular formula is C19H18N4O3. The molecule has 0 aliphatic carbocycles. The first-order valence-corrected chi connectivity index (χ1v) is 8.15. The molecule has 0 atom stereocenters. The lowest BCUT2D eigenvalue weighted by Gasteiger charge is -2.06. The molecule has 2 N–H and O–H groups in total. The Morgan fingerprint density at radius 1 is 0.923 bits per heavy atom. The first kappa shape index (κ1) is 17.3. The first-order valence-electron chi connectivity index (χ1n) is 8.15. The maximum Gasteiger partial charge on any atom is 0.316 e. The highest BCUT2D eigenvalue weighted by Crippen LogP contribution is 2.14. The lowest BCUT2D eigenvalue weighted by atomic mass is 10.1. The summed E-state index contributed by atoms with van der Waals surface area (Å²) in [7, 11) is 0. The summed E-state index contributed by atoms with van der Waals surface area (Å²) in [5.41, 5.74) is 2.43. The van der Waals surface area contributed by atoms with E-state index in [0.29, 0.717) is 11.4 Å². The summed E-state index contributed by atoms with van der Waals surface area (Å²) in [4.78, 5) is 28.1. The molecule has 0 aliphatic heterocycles. The van der Waals surface area contributed by atoms with E-state index in [1.54, 1.807) is 12.1 Å². The fourth-order valence-corrected chi connectivity index (χ4v) is 2.25. The molecule has 0 aliphatic rings. The van der Waals surface area contributed by atoms with Crippen LogP contribution < -0.4 is 10.6 Å². The van der Waals surface area contributed by atoms with Crippen LogP contribution in [0.2, 0.25) is 0 Å². The Hall–Kier alpha value is -3.48. The van der Waals surface area contributed by atoms with Crippen molar-refractivity contribution in [2.24, 2.45) is 0 Å². The van der Waals surface area contributed by atoms with E-state index in [1.807, 2.05) is 49.4 Å². The number of aryl methyl sites for hydroxylation is 1. The van der Waals surface area contributed by atoms with Crippen LogP contribution in [-0.2, 0) is 0 Å². The van der Waals surface area contributed by atoms with E-state index in [9.17, 15) is 9.59 Å². The van der Waals surface area contributed by atoms with Crippen molar-refractivity contribution >= 4 is 11.8 Å². The second kappa shape index (κ2) is 8.06. The molecule has 0 spiro atoms. The average Bonchev–Trinajstić information content (AvgIpc) is 3.16. The summed E-state index contributed by atoms with van der Waals surface area (Å²) >= 11 is 0. The zero-order valence-electron chi connectivity index (χ0n) is 14.2. The molecule has 0 bridgehead atoms. The number of hydrogen-bond acceptors (Lipinski definition) is 5. The normalized spacial score (nSPS) is 10.3. The molecule has 0 unspecified atom stereocenters. The molecule has 0 fully saturated rings. The molecule has 7 nitrogen and oxygen atoms in total. The molecule has 1 aromatic heterocycles. The summed E-state index contributed by atoms with van der Waals surface area (Å²) in [5.74, 6) is -0.440. The van der Waals surface area contributed by atoms with Gasteiger partial charge in [-0.05, 0) is 19.1 Å². The summed E-state index contributed by atoms with van der Waals surface area (Å²) in [6, 6.07) is 16.5. The van der Waals surface area contributed by atoms with E-state index in [0.717, 1.165) is 11.1 Å². The van der Waals surface area contributed by atoms with Crippen LogP contribution >= 0.6 is 0 Å². The van der Waals surface area contributed by atoms with Crippen LogP contribution in [-0.4, -0.2) is 35.0 Å². The highest BCUT2D eigenvalue weighted by Gasteiger charge is 2.15. The standard InChI is InChI=1S/C19H18N4O3/c1-13-7-9-15(10-8-13)17(24)20-11-12-21-18(25)19-22-16(23-26-19)14-5-3-2-4-6-14/h2-10H,11-12H2,1H3,(H,20,24)(H,21,25). The first-order chi connectivity index (χ1) is 12.6. The Kier molecular flexibility index (Phi) is 5.38. The van der Waals surface area contributed by atoms with Gasteiger partial charge in [-0.1, -0.05) is 53.2 Å². The minimum atomic E-state index is -0.482. The van der Waals surface area contributed by atoms with Crippen LogP contribution in [0.4, 0.5) is 0 Å². The number of benzene rings is 2. The molecule has 7 heteroatoms. The number of carbonyl (C=O) groups excluding carboxylic acids is 2. The van der Waals surface area contributed by atoms with Gasteiger partial charge in [-0.15, -0.1) is 0 Å². The Labute approximate surface area is 150 Å². The van der Waals surface area contributed by atoms with E-state index in [1.165, 1.54) is 0 Å². The van der Waals surface area contributed by atoms with Gasteiger partial charge >= 0.3 is 11.8 Å². The van der Waals surface area contributed by atoms with Gasteiger partial charge in [0, 0.05) is 24.2 Å². The summed E-state index contributed by atoms with van der Waals surface area (Å²) < 4.78 is 4.98. The van der Waals surface area contributed by atoms with Crippen molar-refractivity contribution in [1.29, 1.82) is 0 Å². The van der Waals surface area contributed by atoms with E-state index in [2.05, 4.69) is 20.8 Å². The number of nitrogens with one attached hydrogen (secondary N) is 2. The zero-order valence-corrected chi connectivity index (χ0v) is 14.2. The third kappa shape index (κ3) is 4.32.